The fraction of sp³-hybridized carbons (Fsp3) is 0.581. The van der Waals surface area contributed by atoms with Gasteiger partial charge in [-0.2, -0.15) is 0 Å². The normalized spacial score (nSPS) is 27.4. The van der Waals surface area contributed by atoms with Crippen LogP contribution in [0, 0.1) is 0 Å². The molecule has 0 aromatic carbocycles. The number of Topliss-reactive ketones (excluding diaryl/α,β-unsaturated/α-hetero) is 1. The number of carbonyl (C=O) groups is 10. The number of guanidine groups is 4. The van der Waals surface area contributed by atoms with Crippen molar-refractivity contribution in [1.82, 2.24) is 46.8 Å². The van der Waals surface area contributed by atoms with E-state index in [4.69, 9.17) is 38.1 Å². The van der Waals surface area contributed by atoms with Gasteiger partial charge in [-0.3, -0.25) is 86.9 Å². The van der Waals surface area contributed by atoms with Crippen molar-refractivity contribution in [3.05, 3.63) is 24.3 Å². The van der Waals surface area contributed by atoms with Crippen molar-refractivity contribution < 1.29 is 102 Å². The molecule has 35 nitrogen and oxygen atoms in total. The van der Waals surface area contributed by atoms with E-state index in [9.17, 15) is 68.4 Å². The molecule has 6 atom stereocenters. The van der Waals surface area contributed by atoms with Gasteiger partial charge in [0, 0.05) is 95.6 Å². The lowest BCUT2D eigenvalue weighted by atomic mass is 9.87. The smallest absolute Gasteiger partial charge is 0.407 e. The fourth-order valence-electron chi connectivity index (χ4n) is 10.2. The SMILES string of the molecule is NC1=[NH+][C@H]2C(COC(=O)NCCCC(=O)CCN3C(=O)C=CC3=O)NC(N)=[N+]3CCC(O)(O)C23N1.NCCNC(=O)OCC1NC(N)=[N+]2CCC(O)(O)C23NC(N)=[NH+][C@@H]13.O=C(CCN1C(=O)C=CC1=O)ON1C(=O)CCC1=O. The molecule has 35 heteroatoms. The summed E-state index contributed by atoms with van der Waals surface area (Å²) in [7, 11) is 0. The van der Waals surface area contributed by atoms with Gasteiger partial charge in [0.1, 0.15) is 31.1 Å². The number of ether oxygens (including phenoxy) is 2. The molecular formula is C43H64N18O17+4. The molecule has 0 radical (unpaired) electrons. The van der Waals surface area contributed by atoms with Gasteiger partial charge in [-0.15, -0.1) is 5.06 Å². The van der Waals surface area contributed by atoms with Crippen molar-refractivity contribution in [3.63, 3.8) is 0 Å². The number of hydrogen-bond donors (Lipinski definition) is 17. The highest BCUT2D eigenvalue weighted by Gasteiger charge is 2.76. The van der Waals surface area contributed by atoms with Crippen molar-refractivity contribution in [2.45, 2.75) is 98.4 Å². The van der Waals surface area contributed by atoms with Crippen molar-refractivity contribution in [1.29, 1.82) is 0 Å². The van der Waals surface area contributed by atoms with E-state index in [2.05, 4.69) is 46.7 Å². The Bertz CT molecular complexity index is 2660. The number of aliphatic hydroxyl groups is 4. The van der Waals surface area contributed by atoms with Crippen LogP contribution in [-0.4, -0.2) is 234 Å². The molecule has 9 heterocycles. The number of ketones is 1. The first-order valence-corrected chi connectivity index (χ1v) is 24.6. The zero-order valence-electron chi connectivity index (χ0n) is 41.9. The summed E-state index contributed by atoms with van der Waals surface area (Å²) in [6, 6.07) is -2.43. The van der Waals surface area contributed by atoms with Crippen LogP contribution in [-0.2, 0) is 52.7 Å². The summed E-state index contributed by atoms with van der Waals surface area (Å²) < 4.78 is 13.6. The van der Waals surface area contributed by atoms with Crippen LogP contribution >= 0.6 is 0 Å². The molecule has 9 rings (SSSR count). The fourth-order valence-corrected chi connectivity index (χ4v) is 10.2. The average Bonchev–Trinajstić information content (AvgIpc) is 4.45. The number of carbonyl (C=O) groups excluding carboxylic acids is 10. The number of nitrogens with zero attached hydrogens (tertiary/aromatic N) is 5. The number of rotatable bonds is 17. The second-order valence-electron chi connectivity index (χ2n) is 18.9. The summed E-state index contributed by atoms with van der Waals surface area (Å²) in [4.78, 5) is 127. The third-order valence-electron chi connectivity index (χ3n) is 13.9. The summed E-state index contributed by atoms with van der Waals surface area (Å²) in [5.41, 5.74) is 26.4. The molecule has 3 fully saturated rings. The van der Waals surface area contributed by atoms with Gasteiger partial charge in [-0.05, 0) is 6.42 Å². The van der Waals surface area contributed by atoms with Crippen LogP contribution in [0.3, 0.4) is 0 Å². The molecule has 22 N–H and O–H groups in total. The number of nitrogens with two attached hydrogens (primary N) is 5. The summed E-state index contributed by atoms with van der Waals surface area (Å²) in [6.07, 6.45) is 3.61. The number of hydrogen-bond acceptors (Lipinski definition) is 26. The Labute approximate surface area is 441 Å². The van der Waals surface area contributed by atoms with Crippen LogP contribution in [0.15, 0.2) is 24.3 Å². The molecule has 0 bridgehead atoms. The third kappa shape index (κ3) is 11.4. The quantitative estimate of drug-likeness (QED) is 0.0278. The minimum Gasteiger partial charge on any atom is -0.446 e. The topological polar surface area (TPSA) is 525 Å². The van der Waals surface area contributed by atoms with E-state index in [1.807, 2.05) is 0 Å². The summed E-state index contributed by atoms with van der Waals surface area (Å²) >= 11 is 0. The first-order valence-electron chi connectivity index (χ1n) is 24.6. The average molecular weight is 1110 g/mol. The van der Waals surface area contributed by atoms with Gasteiger partial charge in [0.05, 0.1) is 19.5 Å². The molecule has 424 valence electrons. The highest BCUT2D eigenvalue weighted by molar-refractivity contribution is 6.13. The summed E-state index contributed by atoms with van der Waals surface area (Å²) in [5, 5.41) is 59.6. The maximum Gasteiger partial charge on any atom is 0.407 e. The Morgan fingerprint density at radius 2 is 1.08 bits per heavy atom. The first kappa shape index (κ1) is 57.2. The molecule has 9 aliphatic heterocycles. The van der Waals surface area contributed by atoms with Crippen molar-refractivity contribution in [2.24, 2.45) is 28.7 Å². The highest BCUT2D eigenvalue weighted by atomic mass is 16.7. The molecule has 2 spiro atoms. The molecule has 0 saturated carbocycles. The van der Waals surface area contributed by atoms with Gasteiger partial charge in [0.2, 0.25) is 11.6 Å². The van der Waals surface area contributed by atoms with Gasteiger partial charge in [-0.1, -0.05) is 0 Å². The van der Waals surface area contributed by atoms with E-state index in [0.29, 0.717) is 31.1 Å². The van der Waals surface area contributed by atoms with Crippen molar-refractivity contribution in [2.75, 3.05) is 59.0 Å². The Morgan fingerprint density at radius 3 is 1.51 bits per heavy atom. The largest absolute Gasteiger partial charge is 0.446 e. The predicted molar refractivity (Wildman–Crippen MR) is 256 cm³/mol. The second kappa shape index (κ2) is 23.0. The monoisotopic (exact) mass is 1100 g/mol. The molecule has 0 aromatic heterocycles. The van der Waals surface area contributed by atoms with Crippen LogP contribution in [0.4, 0.5) is 9.59 Å². The van der Waals surface area contributed by atoms with Crippen molar-refractivity contribution >= 4 is 83.2 Å². The highest BCUT2D eigenvalue weighted by Crippen LogP contribution is 2.38. The predicted octanol–water partition coefficient (Wildman–Crippen LogP) is -14.1. The minimum atomic E-state index is -2.14. The lowest BCUT2D eigenvalue weighted by Crippen LogP contribution is -2.91. The molecule has 0 aliphatic carbocycles. The van der Waals surface area contributed by atoms with E-state index in [1.165, 1.54) is 0 Å². The lowest BCUT2D eigenvalue weighted by molar-refractivity contribution is -0.674. The Hall–Kier alpha value is -8.54. The van der Waals surface area contributed by atoms with Crippen molar-refractivity contribution in [3.8, 4) is 0 Å². The Balaban J connectivity index is 0.000000179. The maximum atomic E-state index is 12.1. The number of amides is 8. The molecule has 3 saturated heterocycles. The molecule has 78 heavy (non-hydrogen) atoms. The maximum absolute atomic E-state index is 12.1. The Kier molecular flexibility index (Phi) is 16.8. The lowest BCUT2D eigenvalue weighted by Gasteiger charge is -2.40. The van der Waals surface area contributed by atoms with E-state index < -0.39 is 101 Å². The van der Waals surface area contributed by atoms with Gasteiger partial charge in [-0.25, -0.2) is 34.2 Å². The minimum absolute atomic E-state index is 0.0130. The van der Waals surface area contributed by atoms with Crippen LogP contribution < -0.4 is 70.6 Å². The van der Waals surface area contributed by atoms with Gasteiger partial charge in [0.25, 0.3) is 46.8 Å². The standard InChI is InChI=1S/C20H28N8O7.C12H22N8O4.C11H10N2O6/c21-16-25-15-12(24-17(22)28-9-6-19(33,34)20(15,28)26-16)10-35-18(32)23-7-1-2-11(29)5-8-27-13(30)3-4-14(27)31;13-2-3-16-10(21)24-5-6-7-12(19-8(14)18-7)11(22,23)1-4-20(12)9(15)17-6;14-7-1-2-8(15)12(7)6-5-11(18)19-13-9(16)3-4-10(13)17/h3-4,12,15,33-34H,1-2,5-10H2,(H6,21,22,23,24,25,26,32);6-7,22-23H,1-5,13H2,(H6,14,15,16,17,18,19,21);1-2H,3-6H2/p+4/t12?,15-,20?;6?,7-,12?;/m00./s1. The third-order valence-corrected chi connectivity index (χ3v) is 13.9. The first-order chi connectivity index (χ1) is 36.8. The zero-order valence-corrected chi connectivity index (χ0v) is 41.9. The van der Waals surface area contributed by atoms with Crippen LogP contribution in [0.5, 0.6) is 0 Å². The van der Waals surface area contributed by atoms with E-state index >= 15 is 0 Å². The number of nitrogens with one attached hydrogen (secondary N) is 8. The molecule has 4 unspecified atom stereocenters. The summed E-state index contributed by atoms with van der Waals surface area (Å²) in [5.74, 6) is -7.47. The molecular weight excluding hydrogens is 1040 g/mol. The zero-order chi connectivity index (χ0) is 56.9. The van der Waals surface area contributed by atoms with E-state index in [0.717, 1.165) is 34.1 Å². The Morgan fingerprint density at radius 1 is 0.654 bits per heavy atom. The molecule has 8 amide bonds. The number of imide groups is 3. The van der Waals surface area contributed by atoms with E-state index in [-0.39, 0.29) is 114 Å². The number of alkyl carbamates (subject to hydrolysis) is 2. The van der Waals surface area contributed by atoms with E-state index in [1.54, 1.807) is 9.15 Å². The van der Waals surface area contributed by atoms with Gasteiger partial charge in [0.15, 0.2) is 12.1 Å². The van der Waals surface area contributed by atoms with Crippen LogP contribution in [0.25, 0.3) is 0 Å². The van der Waals surface area contributed by atoms with Crippen LogP contribution in [0.1, 0.15) is 51.4 Å². The van der Waals surface area contributed by atoms with Gasteiger partial charge >= 0.3 is 42.0 Å². The number of hydroxylamine groups is 2. The summed E-state index contributed by atoms with van der Waals surface area (Å²) in [6.45, 7) is 1.04. The van der Waals surface area contributed by atoms with Gasteiger partial charge < -0.3 is 51.1 Å². The molecule has 0 aromatic rings. The van der Waals surface area contributed by atoms with Crippen LogP contribution in [0.2, 0.25) is 0 Å². The molecule has 9 aliphatic rings. The second-order valence-corrected chi connectivity index (χ2v) is 18.9.